The summed E-state index contributed by atoms with van der Waals surface area (Å²) in [6.07, 6.45) is 0.985. The molecule has 3 nitrogen and oxygen atoms in total. The number of hydrogen-bond donors (Lipinski definition) is 1. The molecule has 0 spiro atoms. The number of hydrogen-bond acceptors (Lipinski definition) is 3. The minimum Gasteiger partial charge on any atom is -0.494 e. The van der Waals surface area contributed by atoms with Gasteiger partial charge in [0.05, 0.1) is 6.61 Å². The zero-order valence-corrected chi connectivity index (χ0v) is 13.8. The summed E-state index contributed by atoms with van der Waals surface area (Å²) in [6.45, 7) is 5.26. The van der Waals surface area contributed by atoms with Gasteiger partial charge < -0.3 is 14.8 Å². The number of aryl methyl sites for hydroxylation is 1. The zero-order chi connectivity index (χ0) is 14.8. The molecule has 0 bridgehead atoms. The maximum atomic E-state index is 5.72. The van der Waals surface area contributed by atoms with Crippen molar-refractivity contribution in [3.05, 3.63) is 60.2 Å². The van der Waals surface area contributed by atoms with Crippen LogP contribution in [0.15, 0.2) is 54.6 Å². The SMILES string of the molecule is Cc1ccccc1OCCNCCCOc1ccccc1.Cl. The van der Waals surface area contributed by atoms with Crippen LogP contribution in [0.25, 0.3) is 0 Å². The van der Waals surface area contributed by atoms with Crippen LogP contribution in [-0.2, 0) is 0 Å². The fraction of sp³-hybridized carbons (Fsp3) is 0.333. The summed E-state index contributed by atoms with van der Waals surface area (Å²) in [5.41, 5.74) is 1.17. The van der Waals surface area contributed by atoms with Gasteiger partial charge in [0.1, 0.15) is 18.1 Å². The van der Waals surface area contributed by atoms with Gasteiger partial charge in [-0.3, -0.25) is 0 Å². The predicted octanol–water partition coefficient (Wildman–Crippen LogP) is 3.85. The molecule has 0 fully saturated rings. The van der Waals surface area contributed by atoms with E-state index >= 15 is 0 Å². The van der Waals surface area contributed by atoms with Crippen LogP contribution in [-0.4, -0.2) is 26.3 Å². The van der Waals surface area contributed by atoms with Gasteiger partial charge in [-0.1, -0.05) is 36.4 Å². The first-order chi connectivity index (χ1) is 10.4. The van der Waals surface area contributed by atoms with Gasteiger partial charge in [0.2, 0.25) is 0 Å². The lowest BCUT2D eigenvalue weighted by Crippen LogP contribution is -2.23. The van der Waals surface area contributed by atoms with Crippen molar-refractivity contribution in [2.24, 2.45) is 0 Å². The van der Waals surface area contributed by atoms with Crippen LogP contribution in [0.5, 0.6) is 11.5 Å². The molecule has 0 amide bonds. The first-order valence-electron chi connectivity index (χ1n) is 7.43. The molecule has 2 aromatic carbocycles. The second kappa shape index (κ2) is 10.9. The third-order valence-corrected chi connectivity index (χ3v) is 3.14. The van der Waals surface area contributed by atoms with Crippen molar-refractivity contribution in [2.45, 2.75) is 13.3 Å². The largest absolute Gasteiger partial charge is 0.494 e. The van der Waals surface area contributed by atoms with Gasteiger partial charge >= 0.3 is 0 Å². The quantitative estimate of drug-likeness (QED) is 0.711. The van der Waals surface area contributed by atoms with E-state index in [0.29, 0.717) is 6.61 Å². The average molecular weight is 322 g/mol. The average Bonchev–Trinajstić information content (AvgIpc) is 2.52. The van der Waals surface area contributed by atoms with Crippen LogP contribution < -0.4 is 14.8 Å². The van der Waals surface area contributed by atoms with E-state index in [4.69, 9.17) is 9.47 Å². The maximum absolute atomic E-state index is 5.72. The van der Waals surface area contributed by atoms with Gasteiger partial charge in [-0.2, -0.15) is 0 Å². The molecule has 2 aromatic rings. The van der Waals surface area contributed by atoms with Gasteiger partial charge in [0, 0.05) is 6.54 Å². The molecule has 0 unspecified atom stereocenters. The Bertz CT molecular complexity index is 520. The normalized spacial score (nSPS) is 9.86. The summed E-state index contributed by atoms with van der Waals surface area (Å²) < 4.78 is 11.3. The molecule has 0 atom stereocenters. The Morgan fingerprint density at radius 2 is 1.55 bits per heavy atom. The van der Waals surface area contributed by atoms with E-state index in [1.807, 2.05) is 48.5 Å². The topological polar surface area (TPSA) is 30.5 Å². The lowest BCUT2D eigenvalue weighted by molar-refractivity contribution is 0.293. The van der Waals surface area contributed by atoms with E-state index in [-0.39, 0.29) is 12.4 Å². The Labute approximate surface area is 139 Å². The number of ether oxygens (including phenoxy) is 2. The first kappa shape index (κ1) is 18.3. The summed E-state index contributed by atoms with van der Waals surface area (Å²) >= 11 is 0. The van der Waals surface area contributed by atoms with Gasteiger partial charge in [0.15, 0.2) is 0 Å². The Morgan fingerprint density at radius 3 is 2.32 bits per heavy atom. The summed E-state index contributed by atoms with van der Waals surface area (Å²) in [6, 6.07) is 18.0. The molecule has 0 heterocycles. The highest BCUT2D eigenvalue weighted by Crippen LogP contribution is 2.15. The molecule has 0 aliphatic heterocycles. The minimum absolute atomic E-state index is 0. The number of benzene rings is 2. The number of halogens is 1. The van der Waals surface area contributed by atoms with Crippen LogP contribution in [0.2, 0.25) is 0 Å². The summed E-state index contributed by atoms with van der Waals surface area (Å²) in [5.74, 6) is 1.90. The third-order valence-electron chi connectivity index (χ3n) is 3.14. The molecule has 0 saturated carbocycles. The molecule has 120 valence electrons. The van der Waals surface area contributed by atoms with Crippen LogP contribution >= 0.6 is 12.4 Å². The maximum Gasteiger partial charge on any atom is 0.122 e. The molecule has 4 heteroatoms. The summed E-state index contributed by atoms with van der Waals surface area (Å²) in [4.78, 5) is 0. The lowest BCUT2D eigenvalue weighted by Gasteiger charge is -2.10. The van der Waals surface area contributed by atoms with E-state index < -0.39 is 0 Å². The van der Waals surface area contributed by atoms with Crippen LogP contribution in [0, 0.1) is 6.92 Å². The zero-order valence-electron chi connectivity index (χ0n) is 13.0. The first-order valence-corrected chi connectivity index (χ1v) is 7.43. The van der Waals surface area contributed by atoms with Gasteiger partial charge in [0.25, 0.3) is 0 Å². The van der Waals surface area contributed by atoms with Crippen molar-refractivity contribution < 1.29 is 9.47 Å². The molecular weight excluding hydrogens is 298 g/mol. The molecule has 0 aromatic heterocycles. The monoisotopic (exact) mass is 321 g/mol. The Morgan fingerprint density at radius 1 is 0.818 bits per heavy atom. The van der Waals surface area contributed by atoms with E-state index in [2.05, 4.69) is 18.3 Å². The van der Waals surface area contributed by atoms with Crippen molar-refractivity contribution in [3.63, 3.8) is 0 Å². The Hall–Kier alpha value is -1.71. The highest BCUT2D eigenvalue weighted by atomic mass is 35.5. The van der Waals surface area contributed by atoms with E-state index in [0.717, 1.165) is 37.6 Å². The van der Waals surface area contributed by atoms with E-state index in [1.54, 1.807) is 0 Å². The standard InChI is InChI=1S/C18H23NO2.ClH/c1-16-8-5-6-11-18(16)21-15-13-19-12-7-14-20-17-9-3-2-4-10-17;/h2-6,8-11,19H,7,12-15H2,1H3;1H. The number of para-hydroxylation sites is 2. The van der Waals surface area contributed by atoms with Gasteiger partial charge in [-0.15, -0.1) is 12.4 Å². The Kier molecular flexibility index (Phi) is 9.12. The van der Waals surface area contributed by atoms with Gasteiger partial charge in [-0.25, -0.2) is 0 Å². The molecule has 0 aliphatic carbocycles. The van der Waals surface area contributed by atoms with Crippen molar-refractivity contribution in [1.82, 2.24) is 5.32 Å². The number of rotatable bonds is 9. The lowest BCUT2D eigenvalue weighted by atomic mass is 10.2. The van der Waals surface area contributed by atoms with Crippen LogP contribution in [0.4, 0.5) is 0 Å². The Balaban J connectivity index is 0.00000242. The molecule has 1 N–H and O–H groups in total. The van der Waals surface area contributed by atoms with Crippen molar-refractivity contribution >= 4 is 12.4 Å². The highest BCUT2D eigenvalue weighted by Gasteiger charge is 1.97. The number of nitrogens with one attached hydrogen (secondary N) is 1. The molecule has 22 heavy (non-hydrogen) atoms. The van der Waals surface area contributed by atoms with Crippen LogP contribution in [0.3, 0.4) is 0 Å². The minimum atomic E-state index is 0. The molecule has 0 radical (unpaired) electrons. The predicted molar refractivity (Wildman–Crippen MR) is 93.3 cm³/mol. The second-order valence-corrected chi connectivity index (χ2v) is 4.88. The second-order valence-electron chi connectivity index (χ2n) is 4.88. The molecule has 0 aliphatic rings. The van der Waals surface area contributed by atoms with Crippen molar-refractivity contribution in [2.75, 3.05) is 26.3 Å². The van der Waals surface area contributed by atoms with E-state index in [1.165, 1.54) is 5.56 Å². The smallest absolute Gasteiger partial charge is 0.122 e. The molecule has 2 rings (SSSR count). The van der Waals surface area contributed by atoms with Crippen molar-refractivity contribution in [1.29, 1.82) is 0 Å². The summed E-state index contributed by atoms with van der Waals surface area (Å²) in [5, 5.41) is 3.36. The third kappa shape index (κ3) is 6.83. The molecular formula is C18H24ClNO2. The highest BCUT2D eigenvalue weighted by molar-refractivity contribution is 5.85. The molecule has 0 saturated heterocycles. The summed E-state index contributed by atoms with van der Waals surface area (Å²) in [7, 11) is 0. The van der Waals surface area contributed by atoms with Crippen LogP contribution in [0.1, 0.15) is 12.0 Å². The van der Waals surface area contributed by atoms with E-state index in [9.17, 15) is 0 Å². The fourth-order valence-electron chi connectivity index (χ4n) is 1.98. The fourth-order valence-corrected chi connectivity index (χ4v) is 1.98. The van der Waals surface area contributed by atoms with Gasteiger partial charge in [-0.05, 0) is 43.7 Å². The van der Waals surface area contributed by atoms with Crippen molar-refractivity contribution in [3.8, 4) is 11.5 Å².